The van der Waals surface area contributed by atoms with E-state index in [1.165, 1.54) is 6.07 Å². The Morgan fingerprint density at radius 1 is 1.56 bits per heavy atom. The molecule has 0 radical (unpaired) electrons. The second kappa shape index (κ2) is 6.16. The molecule has 3 nitrogen and oxygen atoms in total. The summed E-state index contributed by atoms with van der Waals surface area (Å²) in [6.07, 6.45) is 2.43. The largest absolute Gasteiger partial charge is 0.485 e. The van der Waals surface area contributed by atoms with E-state index in [0.717, 1.165) is 25.0 Å². The molecule has 0 aromatic heterocycles. The molecule has 100 valence electrons. The number of nitrogens with two attached hydrogens (primary N) is 1. The van der Waals surface area contributed by atoms with Gasteiger partial charge in [-0.2, -0.15) is 0 Å². The zero-order valence-corrected chi connectivity index (χ0v) is 10.7. The predicted octanol–water partition coefficient (Wildman–Crippen LogP) is 2.27. The molecular formula is C14H20FNO2. The molecule has 0 amide bonds. The zero-order chi connectivity index (χ0) is 13.0. The van der Waals surface area contributed by atoms with E-state index in [4.69, 9.17) is 15.2 Å². The van der Waals surface area contributed by atoms with Crippen LogP contribution >= 0.6 is 0 Å². The van der Waals surface area contributed by atoms with Crippen LogP contribution in [0.25, 0.3) is 0 Å². The lowest BCUT2D eigenvalue weighted by atomic mass is 10.1. The van der Waals surface area contributed by atoms with E-state index in [1.54, 1.807) is 6.07 Å². The lowest BCUT2D eigenvalue weighted by Crippen LogP contribution is -2.29. The molecule has 2 N–H and O–H groups in total. The van der Waals surface area contributed by atoms with Crippen LogP contribution in [0.15, 0.2) is 18.2 Å². The van der Waals surface area contributed by atoms with Crippen LogP contribution in [0, 0.1) is 5.82 Å². The van der Waals surface area contributed by atoms with Gasteiger partial charge in [-0.1, -0.05) is 12.1 Å². The van der Waals surface area contributed by atoms with E-state index < -0.39 is 0 Å². The Hall–Kier alpha value is -1.13. The fourth-order valence-electron chi connectivity index (χ4n) is 2.16. The average molecular weight is 253 g/mol. The number of hydrogen-bond donors (Lipinski definition) is 1. The summed E-state index contributed by atoms with van der Waals surface area (Å²) in [6, 6.07) is 4.96. The van der Waals surface area contributed by atoms with Gasteiger partial charge in [0, 0.05) is 12.6 Å². The molecule has 1 saturated heterocycles. The molecule has 1 aliphatic heterocycles. The Kier molecular flexibility index (Phi) is 4.55. The minimum atomic E-state index is -0.321. The van der Waals surface area contributed by atoms with Crippen LogP contribution in [0.5, 0.6) is 5.75 Å². The Labute approximate surface area is 107 Å². The molecule has 2 atom stereocenters. The minimum Gasteiger partial charge on any atom is -0.485 e. The van der Waals surface area contributed by atoms with Gasteiger partial charge in [0.25, 0.3) is 0 Å². The van der Waals surface area contributed by atoms with Crippen LogP contribution in [0.3, 0.4) is 0 Å². The molecule has 1 aromatic rings. The first-order chi connectivity index (χ1) is 8.66. The summed E-state index contributed by atoms with van der Waals surface area (Å²) in [4.78, 5) is 0. The average Bonchev–Trinajstić information content (AvgIpc) is 2.34. The Morgan fingerprint density at radius 2 is 2.39 bits per heavy atom. The van der Waals surface area contributed by atoms with Crippen molar-refractivity contribution in [1.29, 1.82) is 0 Å². The van der Waals surface area contributed by atoms with Crippen LogP contribution in [0.1, 0.15) is 25.3 Å². The van der Waals surface area contributed by atoms with Gasteiger partial charge in [-0.05, 0) is 37.8 Å². The molecule has 0 spiro atoms. The quantitative estimate of drug-likeness (QED) is 0.895. The summed E-state index contributed by atoms with van der Waals surface area (Å²) >= 11 is 0. The molecule has 1 fully saturated rings. The maximum Gasteiger partial charge on any atom is 0.165 e. The van der Waals surface area contributed by atoms with Crippen LogP contribution in [0.4, 0.5) is 4.39 Å². The van der Waals surface area contributed by atoms with Crippen LogP contribution < -0.4 is 10.5 Å². The molecule has 0 bridgehead atoms. The van der Waals surface area contributed by atoms with Gasteiger partial charge in [0.15, 0.2) is 11.6 Å². The maximum absolute atomic E-state index is 13.8. The summed E-state index contributed by atoms with van der Waals surface area (Å²) in [6.45, 7) is 3.20. The molecule has 0 saturated carbocycles. The third kappa shape index (κ3) is 3.43. The number of ether oxygens (including phenoxy) is 2. The van der Waals surface area contributed by atoms with Crippen molar-refractivity contribution in [3.05, 3.63) is 29.6 Å². The lowest BCUT2D eigenvalue weighted by molar-refractivity contribution is 0.00544. The monoisotopic (exact) mass is 253 g/mol. The Bertz CT molecular complexity index is 389. The summed E-state index contributed by atoms with van der Waals surface area (Å²) in [5, 5.41) is 0. The van der Waals surface area contributed by atoms with Gasteiger partial charge in [0.05, 0.1) is 6.61 Å². The molecule has 1 heterocycles. The Balaban J connectivity index is 2.13. The molecule has 4 heteroatoms. The number of rotatable bonds is 4. The van der Waals surface area contributed by atoms with Crippen molar-refractivity contribution < 1.29 is 13.9 Å². The molecule has 0 aliphatic carbocycles. The first-order valence-corrected chi connectivity index (χ1v) is 6.44. The van der Waals surface area contributed by atoms with Crippen molar-refractivity contribution in [3.8, 4) is 5.75 Å². The first-order valence-electron chi connectivity index (χ1n) is 6.44. The van der Waals surface area contributed by atoms with Gasteiger partial charge in [-0.25, -0.2) is 4.39 Å². The van der Waals surface area contributed by atoms with Crippen LogP contribution in [-0.2, 0) is 11.2 Å². The highest BCUT2D eigenvalue weighted by Gasteiger charge is 2.19. The van der Waals surface area contributed by atoms with Gasteiger partial charge in [-0.3, -0.25) is 0 Å². The SMILES string of the molecule is CC(N)Cc1cccc(F)c1OC1CCCOC1. The molecule has 2 rings (SSSR count). The topological polar surface area (TPSA) is 44.5 Å². The molecule has 1 aliphatic rings. The highest BCUT2D eigenvalue weighted by Crippen LogP contribution is 2.26. The van der Waals surface area contributed by atoms with Gasteiger partial charge >= 0.3 is 0 Å². The summed E-state index contributed by atoms with van der Waals surface area (Å²) in [7, 11) is 0. The Morgan fingerprint density at radius 3 is 3.06 bits per heavy atom. The highest BCUT2D eigenvalue weighted by molar-refractivity contribution is 5.35. The normalized spacial score (nSPS) is 21.6. The summed E-state index contributed by atoms with van der Waals surface area (Å²) in [5.41, 5.74) is 6.60. The lowest BCUT2D eigenvalue weighted by Gasteiger charge is -2.25. The maximum atomic E-state index is 13.8. The molecule has 18 heavy (non-hydrogen) atoms. The van der Waals surface area contributed by atoms with Gasteiger partial charge in [-0.15, -0.1) is 0 Å². The van der Waals surface area contributed by atoms with Crippen LogP contribution in [0.2, 0.25) is 0 Å². The fraction of sp³-hybridized carbons (Fsp3) is 0.571. The van der Waals surface area contributed by atoms with Gasteiger partial charge < -0.3 is 15.2 Å². The predicted molar refractivity (Wildman–Crippen MR) is 68.2 cm³/mol. The van der Waals surface area contributed by atoms with Crippen molar-refractivity contribution in [3.63, 3.8) is 0 Å². The highest BCUT2D eigenvalue weighted by atomic mass is 19.1. The molecule has 2 unspecified atom stereocenters. The van der Waals surface area contributed by atoms with Crippen LogP contribution in [-0.4, -0.2) is 25.4 Å². The number of halogens is 1. The second-order valence-corrected chi connectivity index (χ2v) is 4.87. The molecule has 1 aromatic carbocycles. The van der Waals surface area contributed by atoms with E-state index in [1.807, 2.05) is 13.0 Å². The zero-order valence-electron chi connectivity index (χ0n) is 10.7. The van der Waals surface area contributed by atoms with Crippen molar-refractivity contribution in [1.82, 2.24) is 0 Å². The molecular weight excluding hydrogens is 233 g/mol. The third-order valence-corrected chi connectivity index (χ3v) is 2.99. The second-order valence-electron chi connectivity index (χ2n) is 4.87. The van der Waals surface area contributed by atoms with Crippen molar-refractivity contribution >= 4 is 0 Å². The van der Waals surface area contributed by atoms with Crippen molar-refractivity contribution in [2.75, 3.05) is 13.2 Å². The standard InChI is InChI=1S/C14H20FNO2/c1-10(16)8-11-4-2-6-13(15)14(11)18-12-5-3-7-17-9-12/h2,4,6,10,12H,3,5,7-9,16H2,1H3. The summed E-state index contributed by atoms with van der Waals surface area (Å²) in [5.74, 6) is 0.0176. The number of para-hydroxylation sites is 1. The van der Waals surface area contributed by atoms with E-state index >= 15 is 0 Å². The van der Waals surface area contributed by atoms with E-state index in [9.17, 15) is 4.39 Å². The van der Waals surface area contributed by atoms with E-state index in [-0.39, 0.29) is 18.0 Å². The number of benzene rings is 1. The fourth-order valence-corrected chi connectivity index (χ4v) is 2.16. The first kappa shape index (κ1) is 13.3. The van der Waals surface area contributed by atoms with Crippen molar-refractivity contribution in [2.45, 2.75) is 38.3 Å². The smallest absolute Gasteiger partial charge is 0.165 e. The summed E-state index contributed by atoms with van der Waals surface area (Å²) < 4.78 is 25.0. The van der Waals surface area contributed by atoms with Gasteiger partial charge in [0.2, 0.25) is 0 Å². The van der Waals surface area contributed by atoms with Gasteiger partial charge in [0.1, 0.15) is 6.10 Å². The third-order valence-electron chi connectivity index (χ3n) is 2.99. The minimum absolute atomic E-state index is 0.0169. The van der Waals surface area contributed by atoms with E-state index in [2.05, 4.69) is 0 Å². The van der Waals surface area contributed by atoms with E-state index in [0.29, 0.717) is 18.8 Å². The van der Waals surface area contributed by atoms with Crippen molar-refractivity contribution in [2.24, 2.45) is 5.73 Å². The number of hydrogen-bond acceptors (Lipinski definition) is 3.